The molecule has 0 spiro atoms. The second kappa shape index (κ2) is 11.5. The van der Waals surface area contributed by atoms with E-state index in [9.17, 15) is 9.59 Å². The highest BCUT2D eigenvalue weighted by atomic mass is 16.5. The van der Waals surface area contributed by atoms with E-state index in [1.54, 1.807) is 18.9 Å². The molecule has 0 unspecified atom stereocenters. The van der Waals surface area contributed by atoms with Crippen molar-refractivity contribution in [2.75, 3.05) is 40.0 Å². The Morgan fingerprint density at radius 3 is 2.46 bits per heavy atom. The van der Waals surface area contributed by atoms with E-state index < -0.39 is 0 Å². The minimum Gasteiger partial charge on any atom is -0.484 e. The fraction of sp³-hybridized carbons (Fsp3) is 0.556. The Balaban J connectivity index is 2.51. The van der Waals surface area contributed by atoms with E-state index in [0.29, 0.717) is 38.5 Å². The molecule has 0 aromatic heterocycles. The molecule has 0 N–H and O–H groups in total. The average molecular weight is 337 g/mol. The first-order valence-corrected chi connectivity index (χ1v) is 8.18. The molecule has 0 saturated heterocycles. The van der Waals surface area contributed by atoms with E-state index in [1.807, 2.05) is 31.2 Å². The topological polar surface area (TPSA) is 65.1 Å². The molecular weight excluding hydrogens is 310 g/mol. The quantitative estimate of drug-likeness (QED) is 0.457. The highest BCUT2D eigenvalue weighted by Gasteiger charge is 2.16. The summed E-state index contributed by atoms with van der Waals surface area (Å²) in [7, 11) is 1.62. The lowest BCUT2D eigenvalue weighted by Crippen LogP contribution is -2.37. The van der Waals surface area contributed by atoms with Gasteiger partial charge in [-0.3, -0.25) is 9.59 Å². The second-order valence-electron chi connectivity index (χ2n) is 5.38. The summed E-state index contributed by atoms with van der Waals surface area (Å²) in [4.78, 5) is 25.5. The number of hydrogen-bond donors (Lipinski definition) is 0. The standard InChI is InChI=1S/C18H27NO5/c1-4-23-18(21)10-12-19(11-5-13-22-3)17(20)14-24-16-8-6-15(2)7-9-16/h6-9H,4-5,10-14H2,1-3H3. The maximum Gasteiger partial charge on any atom is 0.307 e. The molecule has 1 rings (SSSR count). The summed E-state index contributed by atoms with van der Waals surface area (Å²) in [6.45, 7) is 5.42. The van der Waals surface area contributed by atoms with E-state index in [1.165, 1.54) is 0 Å². The van der Waals surface area contributed by atoms with Gasteiger partial charge in [0.25, 0.3) is 5.91 Å². The molecule has 0 fully saturated rings. The Morgan fingerprint density at radius 1 is 1.12 bits per heavy atom. The van der Waals surface area contributed by atoms with Gasteiger partial charge in [0.05, 0.1) is 13.0 Å². The van der Waals surface area contributed by atoms with Gasteiger partial charge in [0, 0.05) is 26.8 Å². The van der Waals surface area contributed by atoms with Crippen LogP contribution in [0.15, 0.2) is 24.3 Å². The number of methoxy groups -OCH3 is 1. The molecule has 134 valence electrons. The van der Waals surface area contributed by atoms with E-state index in [2.05, 4.69) is 0 Å². The molecule has 0 aliphatic carbocycles. The molecule has 1 aromatic rings. The van der Waals surface area contributed by atoms with Gasteiger partial charge in [-0.05, 0) is 32.4 Å². The minimum absolute atomic E-state index is 0.0567. The van der Waals surface area contributed by atoms with Crippen molar-refractivity contribution < 1.29 is 23.8 Å². The normalized spacial score (nSPS) is 10.3. The number of ether oxygens (including phenoxy) is 3. The van der Waals surface area contributed by atoms with Gasteiger partial charge in [-0.15, -0.1) is 0 Å². The van der Waals surface area contributed by atoms with Gasteiger partial charge in [0.2, 0.25) is 0 Å². The average Bonchev–Trinajstić information content (AvgIpc) is 2.57. The number of rotatable bonds is 11. The number of carbonyl (C=O) groups is 2. The van der Waals surface area contributed by atoms with E-state index in [0.717, 1.165) is 5.56 Å². The maximum absolute atomic E-state index is 12.4. The van der Waals surface area contributed by atoms with Crippen LogP contribution in [0.5, 0.6) is 5.75 Å². The predicted octanol–water partition coefficient (Wildman–Crippen LogP) is 2.19. The minimum atomic E-state index is -0.304. The van der Waals surface area contributed by atoms with E-state index >= 15 is 0 Å². The summed E-state index contributed by atoms with van der Waals surface area (Å²) in [5.74, 6) is 0.189. The van der Waals surface area contributed by atoms with Crippen LogP contribution in [0.2, 0.25) is 0 Å². The first kappa shape index (κ1) is 20.0. The van der Waals surface area contributed by atoms with Crippen LogP contribution in [0.25, 0.3) is 0 Å². The number of carbonyl (C=O) groups excluding carboxylic acids is 2. The van der Waals surface area contributed by atoms with Crippen LogP contribution < -0.4 is 4.74 Å². The smallest absolute Gasteiger partial charge is 0.307 e. The molecule has 0 atom stereocenters. The van der Waals surface area contributed by atoms with Crippen LogP contribution >= 0.6 is 0 Å². The van der Waals surface area contributed by atoms with Crippen molar-refractivity contribution in [2.45, 2.75) is 26.7 Å². The molecular formula is C18H27NO5. The fourth-order valence-corrected chi connectivity index (χ4v) is 2.09. The fourth-order valence-electron chi connectivity index (χ4n) is 2.09. The predicted molar refractivity (Wildman–Crippen MR) is 91.0 cm³/mol. The van der Waals surface area contributed by atoms with Gasteiger partial charge in [-0.25, -0.2) is 0 Å². The highest BCUT2D eigenvalue weighted by Crippen LogP contribution is 2.11. The lowest BCUT2D eigenvalue weighted by molar-refractivity contribution is -0.144. The molecule has 24 heavy (non-hydrogen) atoms. The zero-order chi connectivity index (χ0) is 17.8. The van der Waals surface area contributed by atoms with Crippen molar-refractivity contribution >= 4 is 11.9 Å². The molecule has 0 saturated carbocycles. The number of nitrogens with zero attached hydrogens (tertiary/aromatic N) is 1. The molecule has 0 bridgehead atoms. The van der Waals surface area contributed by atoms with Crippen LogP contribution in [-0.2, 0) is 19.1 Å². The second-order valence-corrected chi connectivity index (χ2v) is 5.38. The zero-order valence-corrected chi connectivity index (χ0v) is 14.7. The largest absolute Gasteiger partial charge is 0.484 e. The highest BCUT2D eigenvalue weighted by molar-refractivity contribution is 5.78. The first-order chi connectivity index (χ1) is 11.6. The van der Waals surface area contributed by atoms with Gasteiger partial charge in [0.15, 0.2) is 6.61 Å². The summed E-state index contributed by atoms with van der Waals surface area (Å²) in [5, 5.41) is 0. The molecule has 1 amide bonds. The summed E-state index contributed by atoms with van der Waals surface area (Å²) in [5.41, 5.74) is 1.13. The first-order valence-electron chi connectivity index (χ1n) is 8.18. The Hall–Kier alpha value is -2.08. The molecule has 0 radical (unpaired) electrons. The third kappa shape index (κ3) is 7.97. The third-order valence-corrected chi connectivity index (χ3v) is 3.40. The van der Waals surface area contributed by atoms with E-state index in [4.69, 9.17) is 14.2 Å². The summed E-state index contributed by atoms with van der Waals surface area (Å²) in [6.07, 6.45) is 0.882. The number of esters is 1. The SMILES string of the molecule is CCOC(=O)CCN(CCCOC)C(=O)COc1ccc(C)cc1. The monoisotopic (exact) mass is 337 g/mol. The van der Waals surface area contributed by atoms with Gasteiger partial charge in [-0.2, -0.15) is 0 Å². The molecule has 0 heterocycles. The van der Waals surface area contributed by atoms with Crippen molar-refractivity contribution in [2.24, 2.45) is 0 Å². The number of amides is 1. The van der Waals surface area contributed by atoms with Crippen molar-refractivity contribution in [3.63, 3.8) is 0 Å². The van der Waals surface area contributed by atoms with Crippen LogP contribution in [0.1, 0.15) is 25.3 Å². The van der Waals surface area contributed by atoms with Crippen LogP contribution in [0.3, 0.4) is 0 Å². The summed E-state index contributed by atoms with van der Waals surface area (Å²) in [6, 6.07) is 7.51. The summed E-state index contributed by atoms with van der Waals surface area (Å²) >= 11 is 0. The number of aryl methyl sites for hydroxylation is 1. The zero-order valence-electron chi connectivity index (χ0n) is 14.7. The van der Waals surface area contributed by atoms with E-state index in [-0.39, 0.29) is 24.9 Å². The van der Waals surface area contributed by atoms with Crippen molar-refractivity contribution in [1.29, 1.82) is 0 Å². The van der Waals surface area contributed by atoms with Crippen LogP contribution in [0, 0.1) is 6.92 Å². The molecule has 6 heteroatoms. The van der Waals surface area contributed by atoms with Gasteiger partial charge in [0.1, 0.15) is 5.75 Å². The van der Waals surface area contributed by atoms with Crippen LogP contribution in [0.4, 0.5) is 0 Å². The Morgan fingerprint density at radius 2 is 1.83 bits per heavy atom. The molecule has 1 aromatic carbocycles. The van der Waals surface area contributed by atoms with Gasteiger partial charge >= 0.3 is 5.97 Å². The summed E-state index contributed by atoms with van der Waals surface area (Å²) < 4.78 is 15.4. The van der Waals surface area contributed by atoms with Crippen molar-refractivity contribution in [3.05, 3.63) is 29.8 Å². The number of benzene rings is 1. The Bertz CT molecular complexity index is 501. The molecule has 6 nitrogen and oxygen atoms in total. The lowest BCUT2D eigenvalue weighted by atomic mass is 10.2. The van der Waals surface area contributed by atoms with Gasteiger partial charge in [-0.1, -0.05) is 17.7 Å². The number of hydrogen-bond acceptors (Lipinski definition) is 5. The lowest BCUT2D eigenvalue weighted by Gasteiger charge is -2.22. The third-order valence-electron chi connectivity index (χ3n) is 3.40. The van der Waals surface area contributed by atoms with Crippen molar-refractivity contribution in [1.82, 2.24) is 4.90 Å². The van der Waals surface area contributed by atoms with Crippen LogP contribution in [-0.4, -0.2) is 56.8 Å². The molecule has 0 aliphatic rings. The maximum atomic E-state index is 12.4. The van der Waals surface area contributed by atoms with Gasteiger partial charge < -0.3 is 19.1 Å². The Labute approximate surface area is 143 Å². The van der Waals surface area contributed by atoms with Crippen molar-refractivity contribution in [3.8, 4) is 5.75 Å². The Kier molecular flexibility index (Phi) is 9.53. The molecule has 0 aliphatic heterocycles.